The van der Waals surface area contributed by atoms with E-state index < -0.39 is 0 Å². The Morgan fingerprint density at radius 1 is 1.13 bits per heavy atom. The standard InChI is InChI=1S/C19H24N4/c1-23(2)19-20-12-16-17(8-5-9-18(16)22-19)21-15-10-13-6-3-4-7-14(13)11-15/h3-4,6-7,12,15,17,21H,5,8-11H2,1-2H3. The minimum absolute atomic E-state index is 0.397. The Bertz CT molecular complexity index is 685. The first-order valence-electron chi connectivity index (χ1n) is 8.56. The largest absolute Gasteiger partial charge is 0.347 e. The second kappa shape index (κ2) is 5.93. The van der Waals surface area contributed by atoms with Crippen molar-refractivity contribution in [3.05, 3.63) is 52.8 Å². The molecular weight excluding hydrogens is 284 g/mol. The molecule has 2 aliphatic carbocycles. The average molecular weight is 308 g/mol. The third kappa shape index (κ3) is 2.83. The van der Waals surface area contributed by atoms with Crippen LogP contribution < -0.4 is 10.2 Å². The number of nitrogens with one attached hydrogen (secondary N) is 1. The normalized spacial score (nSPS) is 20.2. The van der Waals surface area contributed by atoms with E-state index in [2.05, 4.69) is 34.6 Å². The van der Waals surface area contributed by atoms with Gasteiger partial charge in [-0.1, -0.05) is 24.3 Å². The van der Waals surface area contributed by atoms with Gasteiger partial charge in [-0.15, -0.1) is 0 Å². The molecule has 0 amide bonds. The monoisotopic (exact) mass is 308 g/mol. The number of rotatable bonds is 3. The van der Waals surface area contributed by atoms with E-state index in [1.165, 1.54) is 35.2 Å². The lowest BCUT2D eigenvalue weighted by Gasteiger charge is -2.29. The smallest absolute Gasteiger partial charge is 0.225 e. The summed E-state index contributed by atoms with van der Waals surface area (Å²) in [6, 6.07) is 9.75. The summed E-state index contributed by atoms with van der Waals surface area (Å²) in [5.41, 5.74) is 5.53. The third-order valence-electron chi connectivity index (χ3n) is 5.06. The number of aromatic nitrogens is 2. The summed E-state index contributed by atoms with van der Waals surface area (Å²) >= 11 is 0. The van der Waals surface area contributed by atoms with Crippen molar-refractivity contribution in [1.29, 1.82) is 0 Å². The van der Waals surface area contributed by atoms with Crippen LogP contribution in [0.4, 0.5) is 5.95 Å². The van der Waals surface area contributed by atoms with E-state index >= 15 is 0 Å². The highest BCUT2D eigenvalue weighted by molar-refractivity contribution is 5.36. The van der Waals surface area contributed by atoms with Crippen molar-refractivity contribution in [3.8, 4) is 0 Å². The van der Waals surface area contributed by atoms with E-state index in [0.29, 0.717) is 12.1 Å². The maximum Gasteiger partial charge on any atom is 0.225 e. The summed E-state index contributed by atoms with van der Waals surface area (Å²) in [4.78, 5) is 11.3. The molecule has 0 bridgehead atoms. The molecule has 4 rings (SSSR count). The summed E-state index contributed by atoms with van der Waals surface area (Å²) in [6.07, 6.45) is 7.77. The van der Waals surface area contributed by atoms with E-state index in [-0.39, 0.29) is 0 Å². The van der Waals surface area contributed by atoms with Crippen LogP contribution in [0.15, 0.2) is 30.5 Å². The Morgan fingerprint density at radius 2 is 1.87 bits per heavy atom. The van der Waals surface area contributed by atoms with Crippen LogP contribution in [-0.4, -0.2) is 30.1 Å². The summed E-state index contributed by atoms with van der Waals surface area (Å²) in [5.74, 6) is 0.817. The van der Waals surface area contributed by atoms with Gasteiger partial charge < -0.3 is 10.2 Å². The minimum atomic E-state index is 0.397. The van der Waals surface area contributed by atoms with Crippen molar-refractivity contribution in [2.75, 3.05) is 19.0 Å². The number of hydrogen-bond donors (Lipinski definition) is 1. The Morgan fingerprint density at radius 3 is 2.57 bits per heavy atom. The van der Waals surface area contributed by atoms with Crippen molar-refractivity contribution in [2.24, 2.45) is 0 Å². The van der Waals surface area contributed by atoms with Crippen molar-refractivity contribution < 1.29 is 0 Å². The molecule has 120 valence electrons. The topological polar surface area (TPSA) is 41.1 Å². The summed E-state index contributed by atoms with van der Waals surface area (Å²) in [5, 5.41) is 3.88. The molecule has 1 aromatic heterocycles. The number of anilines is 1. The Kier molecular flexibility index (Phi) is 3.77. The molecule has 4 nitrogen and oxygen atoms in total. The van der Waals surface area contributed by atoms with Gasteiger partial charge in [0.2, 0.25) is 5.95 Å². The second-order valence-corrected chi connectivity index (χ2v) is 6.95. The quantitative estimate of drug-likeness (QED) is 0.946. The fourth-order valence-electron chi connectivity index (χ4n) is 3.89. The summed E-state index contributed by atoms with van der Waals surface area (Å²) in [6.45, 7) is 0. The van der Waals surface area contributed by atoms with Gasteiger partial charge in [0, 0.05) is 37.9 Å². The zero-order valence-electron chi connectivity index (χ0n) is 13.9. The number of aryl methyl sites for hydroxylation is 1. The third-order valence-corrected chi connectivity index (χ3v) is 5.06. The molecule has 2 aliphatic rings. The average Bonchev–Trinajstić information content (AvgIpc) is 2.97. The van der Waals surface area contributed by atoms with Crippen LogP contribution in [0.1, 0.15) is 41.3 Å². The van der Waals surface area contributed by atoms with Crippen LogP contribution in [0, 0.1) is 0 Å². The Balaban J connectivity index is 1.52. The molecule has 0 aliphatic heterocycles. The second-order valence-electron chi connectivity index (χ2n) is 6.95. The Labute approximate surface area is 138 Å². The molecule has 1 aromatic carbocycles. The van der Waals surface area contributed by atoms with Crippen LogP contribution in [0.5, 0.6) is 0 Å². The predicted octanol–water partition coefficient (Wildman–Crippen LogP) is 2.68. The molecule has 0 spiro atoms. The van der Waals surface area contributed by atoms with Gasteiger partial charge in [-0.25, -0.2) is 9.97 Å². The molecule has 1 atom stereocenters. The SMILES string of the molecule is CN(C)c1ncc2c(n1)CCCC2NC1Cc2ccccc2C1. The lowest BCUT2D eigenvalue weighted by atomic mass is 9.91. The van der Waals surface area contributed by atoms with Crippen LogP contribution in [0.3, 0.4) is 0 Å². The van der Waals surface area contributed by atoms with Crippen LogP contribution >= 0.6 is 0 Å². The van der Waals surface area contributed by atoms with Crippen molar-refractivity contribution in [2.45, 2.75) is 44.2 Å². The molecule has 1 N–H and O–H groups in total. The summed E-state index contributed by atoms with van der Waals surface area (Å²) in [7, 11) is 3.99. The molecule has 1 unspecified atom stereocenters. The molecule has 0 radical (unpaired) electrons. The van der Waals surface area contributed by atoms with Gasteiger partial charge in [-0.2, -0.15) is 0 Å². The van der Waals surface area contributed by atoms with Gasteiger partial charge in [-0.3, -0.25) is 0 Å². The predicted molar refractivity (Wildman–Crippen MR) is 92.8 cm³/mol. The molecule has 0 saturated carbocycles. The van der Waals surface area contributed by atoms with Crippen LogP contribution in [0.2, 0.25) is 0 Å². The maximum atomic E-state index is 4.75. The van der Waals surface area contributed by atoms with E-state index in [9.17, 15) is 0 Å². The molecule has 23 heavy (non-hydrogen) atoms. The fraction of sp³-hybridized carbons (Fsp3) is 0.474. The van der Waals surface area contributed by atoms with Crippen LogP contribution in [0.25, 0.3) is 0 Å². The van der Waals surface area contributed by atoms with Crippen molar-refractivity contribution in [1.82, 2.24) is 15.3 Å². The van der Waals surface area contributed by atoms with Gasteiger partial charge in [-0.05, 0) is 43.2 Å². The molecule has 1 heterocycles. The zero-order chi connectivity index (χ0) is 15.8. The van der Waals surface area contributed by atoms with E-state index in [1.54, 1.807) is 0 Å². The number of fused-ring (bicyclic) bond motifs is 2. The number of benzene rings is 1. The van der Waals surface area contributed by atoms with Gasteiger partial charge in [0.25, 0.3) is 0 Å². The minimum Gasteiger partial charge on any atom is -0.347 e. The molecule has 0 fully saturated rings. The van der Waals surface area contributed by atoms with E-state index in [0.717, 1.165) is 25.2 Å². The highest BCUT2D eigenvalue weighted by Gasteiger charge is 2.27. The number of nitrogens with zero attached hydrogens (tertiary/aromatic N) is 3. The highest BCUT2D eigenvalue weighted by Crippen LogP contribution is 2.31. The van der Waals surface area contributed by atoms with Crippen LogP contribution in [-0.2, 0) is 19.3 Å². The summed E-state index contributed by atoms with van der Waals surface area (Å²) < 4.78 is 0. The fourth-order valence-corrected chi connectivity index (χ4v) is 3.89. The first-order valence-corrected chi connectivity index (χ1v) is 8.56. The van der Waals surface area contributed by atoms with Crippen molar-refractivity contribution >= 4 is 5.95 Å². The first-order chi connectivity index (χ1) is 11.2. The highest BCUT2D eigenvalue weighted by atomic mass is 15.2. The first kappa shape index (κ1) is 14.6. The molecule has 4 heteroatoms. The van der Waals surface area contributed by atoms with Crippen molar-refractivity contribution in [3.63, 3.8) is 0 Å². The van der Waals surface area contributed by atoms with Gasteiger partial charge in [0.15, 0.2) is 0 Å². The zero-order valence-corrected chi connectivity index (χ0v) is 13.9. The lowest BCUT2D eigenvalue weighted by Crippen LogP contribution is -2.35. The van der Waals surface area contributed by atoms with E-state index in [1.807, 2.05) is 25.2 Å². The lowest BCUT2D eigenvalue weighted by molar-refractivity contribution is 0.396. The maximum absolute atomic E-state index is 4.75. The van der Waals surface area contributed by atoms with Gasteiger partial charge in [0.05, 0.1) is 5.69 Å². The molecule has 2 aromatic rings. The molecule has 0 saturated heterocycles. The number of hydrogen-bond acceptors (Lipinski definition) is 4. The van der Waals surface area contributed by atoms with Gasteiger partial charge >= 0.3 is 0 Å². The Hall–Kier alpha value is -1.94. The molecular formula is C19H24N4. The van der Waals surface area contributed by atoms with Gasteiger partial charge in [0.1, 0.15) is 0 Å². The van der Waals surface area contributed by atoms with E-state index in [4.69, 9.17) is 4.98 Å².